The number of methoxy groups -OCH3 is 1. The summed E-state index contributed by atoms with van der Waals surface area (Å²) in [6.07, 6.45) is 0. The van der Waals surface area contributed by atoms with E-state index in [1.54, 1.807) is 0 Å². The molecule has 0 saturated heterocycles. The minimum Gasteiger partial charge on any atom is -0.496 e. The van der Waals surface area contributed by atoms with Gasteiger partial charge in [-0.1, -0.05) is 16.8 Å². The number of nitro groups is 1. The molecule has 7 nitrogen and oxygen atoms in total. The van der Waals surface area contributed by atoms with E-state index in [9.17, 15) is 14.5 Å². The molecule has 2 aromatic carbocycles. The van der Waals surface area contributed by atoms with E-state index in [0.29, 0.717) is 11.1 Å². The maximum atomic E-state index is 13.1. The third kappa shape index (κ3) is 2.91. The highest BCUT2D eigenvalue weighted by atomic mass is 35.5. The second kappa shape index (κ2) is 6.25. The summed E-state index contributed by atoms with van der Waals surface area (Å²) in [6, 6.07) is 7.79. The number of aromatic nitrogens is 2. The number of hydrogen-bond acceptors (Lipinski definition) is 6. The van der Waals surface area contributed by atoms with Gasteiger partial charge in [-0.15, -0.1) is 0 Å². The number of nitrogens with zero attached hydrogens (tertiary/aromatic N) is 3. The Hall–Kier alpha value is -3.00. The summed E-state index contributed by atoms with van der Waals surface area (Å²) >= 11 is 5.97. The predicted octanol–water partition coefficient (Wildman–Crippen LogP) is 4.11. The first-order valence-electron chi connectivity index (χ1n) is 6.61. The Balaban J connectivity index is 2.03. The highest BCUT2D eigenvalue weighted by molar-refractivity contribution is 6.33. The van der Waals surface area contributed by atoms with Crippen molar-refractivity contribution in [1.82, 2.24) is 10.1 Å². The van der Waals surface area contributed by atoms with Crippen LogP contribution >= 0.6 is 11.6 Å². The van der Waals surface area contributed by atoms with Gasteiger partial charge in [-0.3, -0.25) is 10.1 Å². The Kier molecular flexibility index (Phi) is 4.13. The molecule has 1 aromatic heterocycles. The van der Waals surface area contributed by atoms with E-state index in [0.717, 1.165) is 6.07 Å². The van der Waals surface area contributed by atoms with Crippen LogP contribution in [-0.2, 0) is 0 Å². The molecule has 3 aromatic rings. The molecule has 122 valence electrons. The van der Waals surface area contributed by atoms with E-state index in [2.05, 4.69) is 10.1 Å². The van der Waals surface area contributed by atoms with Gasteiger partial charge in [0, 0.05) is 6.07 Å². The molecule has 0 radical (unpaired) electrons. The Morgan fingerprint density at radius 1 is 1.25 bits per heavy atom. The van der Waals surface area contributed by atoms with Crippen LogP contribution in [0.4, 0.5) is 10.1 Å². The quantitative estimate of drug-likeness (QED) is 0.520. The molecule has 9 heteroatoms. The molecule has 0 aliphatic rings. The molecule has 0 aliphatic carbocycles. The topological polar surface area (TPSA) is 91.3 Å². The van der Waals surface area contributed by atoms with Crippen LogP contribution < -0.4 is 4.74 Å². The summed E-state index contributed by atoms with van der Waals surface area (Å²) < 4.78 is 23.4. The van der Waals surface area contributed by atoms with Crippen molar-refractivity contribution in [3.8, 4) is 28.6 Å². The lowest BCUT2D eigenvalue weighted by Crippen LogP contribution is -1.93. The molecule has 0 aliphatic heterocycles. The summed E-state index contributed by atoms with van der Waals surface area (Å²) in [5.74, 6) is -0.00479. The van der Waals surface area contributed by atoms with Gasteiger partial charge in [0.15, 0.2) is 0 Å². The summed E-state index contributed by atoms with van der Waals surface area (Å²) in [7, 11) is 1.38. The Labute approximate surface area is 139 Å². The summed E-state index contributed by atoms with van der Waals surface area (Å²) in [5.41, 5.74) is 0.662. The minimum atomic E-state index is -0.535. The molecule has 0 atom stereocenters. The highest BCUT2D eigenvalue weighted by Crippen LogP contribution is 2.34. The van der Waals surface area contributed by atoms with Gasteiger partial charge >= 0.3 is 0 Å². The normalized spacial score (nSPS) is 10.6. The molecule has 0 bridgehead atoms. The predicted molar refractivity (Wildman–Crippen MR) is 83.3 cm³/mol. The maximum Gasteiger partial charge on any atom is 0.273 e. The maximum absolute atomic E-state index is 13.1. The fourth-order valence-electron chi connectivity index (χ4n) is 2.08. The van der Waals surface area contributed by atoms with Gasteiger partial charge in [-0.05, 0) is 24.3 Å². The summed E-state index contributed by atoms with van der Waals surface area (Å²) in [6.45, 7) is 0. The molecule has 0 saturated carbocycles. The standard InChI is InChI=1S/C15H9ClFN3O4/c1-23-13-7-9(20(21)22)3-5-11(13)14-18-15(24-19-14)10-4-2-8(17)6-12(10)16/h2-7H,1H3. The van der Waals surface area contributed by atoms with Gasteiger partial charge in [0.05, 0.1) is 34.2 Å². The van der Waals surface area contributed by atoms with Crippen molar-refractivity contribution in [1.29, 1.82) is 0 Å². The smallest absolute Gasteiger partial charge is 0.273 e. The number of non-ortho nitro benzene ring substituents is 1. The van der Waals surface area contributed by atoms with Crippen LogP contribution in [0.15, 0.2) is 40.9 Å². The van der Waals surface area contributed by atoms with Crippen LogP contribution in [-0.4, -0.2) is 22.2 Å². The number of hydrogen-bond donors (Lipinski definition) is 0. The SMILES string of the molecule is COc1cc([N+](=O)[O-])ccc1-c1noc(-c2ccc(F)cc2Cl)n1. The van der Waals surface area contributed by atoms with Gasteiger partial charge in [0.1, 0.15) is 11.6 Å². The summed E-state index contributed by atoms with van der Waals surface area (Å²) in [4.78, 5) is 14.5. The fourth-order valence-corrected chi connectivity index (χ4v) is 2.33. The Morgan fingerprint density at radius 2 is 2.00 bits per heavy atom. The number of halogens is 2. The van der Waals surface area contributed by atoms with Crippen LogP contribution in [0.3, 0.4) is 0 Å². The first-order chi connectivity index (χ1) is 11.5. The molecule has 0 spiro atoms. The van der Waals surface area contributed by atoms with E-state index in [-0.39, 0.29) is 28.2 Å². The van der Waals surface area contributed by atoms with Crippen LogP contribution in [0.1, 0.15) is 0 Å². The van der Waals surface area contributed by atoms with Crippen molar-refractivity contribution in [2.24, 2.45) is 0 Å². The number of rotatable bonds is 4. The summed E-state index contributed by atoms with van der Waals surface area (Å²) in [5, 5.41) is 14.8. The Morgan fingerprint density at radius 3 is 2.67 bits per heavy atom. The molecule has 0 fully saturated rings. The first-order valence-corrected chi connectivity index (χ1v) is 6.99. The average Bonchev–Trinajstić information content (AvgIpc) is 3.03. The number of nitro benzene ring substituents is 1. The fraction of sp³-hybridized carbons (Fsp3) is 0.0667. The van der Waals surface area contributed by atoms with Crippen molar-refractivity contribution in [2.45, 2.75) is 0 Å². The average molecular weight is 350 g/mol. The van der Waals surface area contributed by atoms with E-state index in [4.69, 9.17) is 20.9 Å². The van der Waals surface area contributed by atoms with E-state index < -0.39 is 10.7 Å². The zero-order valence-corrected chi connectivity index (χ0v) is 13.0. The third-order valence-corrected chi connectivity index (χ3v) is 3.54. The van der Waals surface area contributed by atoms with Crippen molar-refractivity contribution in [2.75, 3.05) is 7.11 Å². The zero-order chi connectivity index (χ0) is 17.3. The van der Waals surface area contributed by atoms with Gasteiger partial charge < -0.3 is 9.26 Å². The van der Waals surface area contributed by atoms with Crippen LogP contribution in [0.2, 0.25) is 5.02 Å². The van der Waals surface area contributed by atoms with Gasteiger partial charge in [-0.25, -0.2) is 4.39 Å². The molecule has 3 rings (SSSR count). The van der Waals surface area contributed by atoms with Gasteiger partial charge in [-0.2, -0.15) is 4.98 Å². The van der Waals surface area contributed by atoms with Crippen molar-refractivity contribution in [3.05, 3.63) is 57.4 Å². The van der Waals surface area contributed by atoms with E-state index in [1.807, 2.05) is 0 Å². The number of ether oxygens (including phenoxy) is 1. The van der Waals surface area contributed by atoms with E-state index >= 15 is 0 Å². The lowest BCUT2D eigenvalue weighted by molar-refractivity contribution is -0.384. The molecule has 0 N–H and O–H groups in total. The zero-order valence-electron chi connectivity index (χ0n) is 12.2. The van der Waals surface area contributed by atoms with Crippen LogP contribution in [0, 0.1) is 15.9 Å². The first kappa shape index (κ1) is 15.9. The Bertz CT molecular complexity index is 929. The molecule has 0 unspecified atom stereocenters. The van der Waals surface area contributed by atoms with Crippen LogP contribution in [0.25, 0.3) is 22.8 Å². The second-order valence-corrected chi connectivity index (χ2v) is 5.10. The van der Waals surface area contributed by atoms with Gasteiger partial charge in [0.2, 0.25) is 5.82 Å². The lowest BCUT2D eigenvalue weighted by atomic mass is 10.1. The number of benzene rings is 2. The van der Waals surface area contributed by atoms with Gasteiger partial charge in [0.25, 0.3) is 11.6 Å². The molecule has 24 heavy (non-hydrogen) atoms. The molecule has 0 amide bonds. The molecular weight excluding hydrogens is 341 g/mol. The highest BCUT2D eigenvalue weighted by Gasteiger charge is 2.19. The molecular formula is C15H9ClFN3O4. The second-order valence-electron chi connectivity index (χ2n) is 4.69. The lowest BCUT2D eigenvalue weighted by Gasteiger charge is -2.04. The van der Waals surface area contributed by atoms with E-state index in [1.165, 1.54) is 37.4 Å². The minimum absolute atomic E-state index is 0.0930. The van der Waals surface area contributed by atoms with Crippen molar-refractivity contribution >= 4 is 17.3 Å². The third-order valence-electron chi connectivity index (χ3n) is 3.22. The van der Waals surface area contributed by atoms with Crippen molar-refractivity contribution < 1.29 is 18.6 Å². The van der Waals surface area contributed by atoms with Crippen molar-refractivity contribution in [3.63, 3.8) is 0 Å². The monoisotopic (exact) mass is 349 g/mol. The van der Waals surface area contributed by atoms with Crippen LogP contribution in [0.5, 0.6) is 5.75 Å². The largest absolute Gasteiger partial charge is 0.496 e. The molecule has 1 heterocycles.